The molecule has 0 aromatic rings. The fourth-order valence-corrected chi connectivity index (χ4v) is 2.69. The Hall–Kier alpha value is -0.340. The lowest BCUT2D eigenvalue weighted by molar-refractivity contribution is -1.06. The van der Waals surface area contributed by atoms with Gasteiger partial charge in [0.2, 0.25) is 0 Å². The van der Waals surface area contributed by atoms with Crippen LogP contribution in [-0.2, 0) is 4.84 Å². The number of unbranched alkanes of at least 4 members (excludes halogenated alkanes) is 12. The number of allylic oxidation sites excluding steroid dienone is 2. The summed E-state index contributed by atoms with van der Waals surface area (Å²) in [5.41, 5.74) is 0. The fraction of sp³-hybridized carbons (Fsp3) is 0.905. The summed E-state index contributed by atoms with van der Waals surface area (Å²) in [6.45, 7) is 3.17. The van der Waals surface area contributed by atoms with Gasteiger partial charge in [0.15, 0.2) is 0 Å². The van der Waals surface area contributed by atoms with Gasteiger partial charge in [0, 0.05) is 0 Å². The third-order valence-electron chi connectivity index (χ3n) is 4.13. The maximum absolute atomic E-state index is 5.68. The molecule has 0 amide bonds. The van der Waals surface area contributed by atoms with Crippen molar-refractivity contribution in [2.45, 2.75) is 96.8 Å². The first kappa shape index (κ1) is 22.7. The van der Waals surface area contributed by atoms with E-state index in [1.807, 2.05) is 0 Å². The molecule has 0 aliphatic rings. The molecule has 0 unspecified atom stereocenters. The highest BCUT2D eigenvalue weighted by molar-refractivity contribution is 4.81. The van der Waals surface area contributed by atoms with Crippen LogP contribution in [0.15, 0.2) is 12.2 Å². The van der Waals surface area contributed by atoms with E-state index >= 15 is 0 Å². The number of hydrogen-bond donors (Lipinski definition) is 0. The van der Waals surface area contributed by atoms with Crippen LogP contribution in [-0.4, -0.2) is 32.4 Å². The van der Waals surface area contributed by atoms with Crippen molar-refractivity contribution in [1.29, 1.82) is 0 Å². The lowest BCUT2D eigenvalue weighted by atomic mass is 10.1. The van der Waals surface area contributed by atoms with Crippen LogP contribution >= 0.6 is 0 Å². The molecular formula is C21H44NO+. The van der Waals surface area contributed by atoms with Gasteiger partial charge in [0.05, 0.1) is 21.1 Å². The van der Waals surface area contributed by atoms with E-state index < -0.39 is 0 Å². The van der Waals surface area contributed by atoms with Crippen molar-refractivity contribution < 1.29 is 9.48 Å². The predicted molar refractivity (Wildman–Crippen MR) is 103 cm³/mol. The highest BCUT2D eigenvalue weighted by Crippen LogP contribution is 2.10. The SMILES string of the molecule is CCCCCCCC/C=C\CCCCCCCCO[N+](C)(C)C. The van der Waals surface area contributed by atoms with Crippen LogP contribution in [0.1, 0.15) is 96.8 Å². The molecule has 0 heterocycles. The Morgan fingerprint density at radius 2 is 1.04 bits per heavy atom. The summed E-state index contributed by atoms with van der Waals surface area (Å²) < 4.78 is 0.616. The van der Waals surface area contributed by atoms with Crippen molar-refractivity contribution in [2.24, 2.45) is 0 Å². The molecule has 0 aliphatic carbocycles. The fourth-order valence-electron chi connectivity index (χ4n) is 2.69. The lowest BCUT2D eigenvalue weighted by Crippen LogP contribution is -2.34. The van der Waals surface area contributed by atoms with Crippen molar-refractivity contribution in [1.82, 2.24) is 0 Å². The van der Waals surface area contributed by atoms with Gasteiger partial charge in [-0.2, -0.15) is 4.65 Å². The zero-order chi connectivity index (χ0) is 17.2. The zero-order valence-electron chi connectivity index (χ0n) is 16.6. The van der Waals surface area contributed by atoms with Gasteiger partial charge in [0.1, 0.15) is 6.61 Å². The van der Waals surface area contributed by atoms with Crippen molar-refractivity contribution in [3.8, 4) is 0 Å². The quantitative estimate of drug-likeness (QED) is 0.126. The molecule has 23 heavy (non-hydrogen) atoms. The number of hydroxylamine groups is 3. The van der Waals surface area contributed by atoms with Gasteiger partial charge >= 0.3 is 0 Å². The molecule has 2 nitrogen and oxygen atoms in total. The summed E-state index contributed by atoms with van der Waals surface area (Å²) in [5, 5.41) is 0. The molecule has 0 aromatic carbocycles. The molecule has 0 rings (SSSR count). The molecule has 0 saturated carbocycles. The molecule has 0 saturated heterocycles. The summed E-state index contributed by atoms with van der Waals surface area (Å²) in [6, 6.07) is 0. The lowest BCUT2D eigenvalue weighted by Gasteiger charge is -2.20. The minimum absolute atomic E-state index is 0.616. The first-order valence-electron chi connectivity index (χ1n) is 10.2. The first-order chi connectivity index (χ1) is 11.1. The van der Waals surface area contributed by atoms with E-state index in [4.69, 9.17) is 4.84 Å². The van der Waals surface area contributed by atoms with Gasteiger partial charge in [-0.25, -0.2) is 4.84 Å². The van der Waals surface area contributed by atoms with E-state index in [0.717, 1.165) is 6.61 Å². The topological polar surface area (TPSA) is 9.23 Å². The maximum atomic E-state index is 5.68. The van der Waals surface area contributed by atoms with Crippen LogP contribution in [0.4, 0.5) is 0 Å². The van der Waals surface area contributed by atoms with Crippen LogP contribution in [0.5, 0.6) is 0 Å². The smallest absolute Gasteiger partial charge is 0.106 e. The van der Waals surface area contributed by atoms with Gasteiger partial charge in [-0.1, -0.05) is 76.9 Å². The summed E-state index contributed by atoms with van der Waals surface area (Å²) in [6.07, 6.45) is 23.8. The maximum Gasteiger partial charge on any atom is 0.106 e. The average Bonchev–Trinajstić information content (AvgIpc) is 2.49. The standard InChI is InChI=1S/C21H44NO/c1-5-6-7-8-9-10-11-12-13-14-15-16-17-18-19-20-21-23-22(2,3)4/h12-13H,5-11,14-21H2,1-4H3/q+1/b13-12-. The minimum atomic E-state index is 0.616. The monoisotopic (exact) mass is 326 g/mol. The Balaban J connectivity index is 3.11. The number of rotatable bonds is 17. The third-order valence-corrected chi connectivity index (χ3v) is 4.13. The molecule has 138 valence electrons. The number of quaternary nitrogens is 1. The molecular weight excluding hydrogens is 282 g/mol. The van der Waals surface area contributed by atoms with Gasteiger partial charge < -0.3 is 0 Å². The van der Waals surface area contributed by atoms with E-state index in [-0.39, 0.29) is 0 Å². The second-order valence-corrected chi connectivity index (χ2v) is 7.66. The second-order valence-electron chi connectivity index (χ2n) is 7.66. The third kappa shape index (κ3) is 21.7. The molecule has 0 fully saturated rings. The normalized spacial score (nSPS) is 12.3. The molecule has 0 radical (unpaired) electrons. The molecule has 0 bridgehead atoms. The Labute approximate surface area is 146 Å². The Kier molecular flexibility index (Phi) is 16.3. The van der Waals surface area contributed by atoms with Crippen molar-refractivity contribution in [2.75, 3.05) is 27.7 Å². The van der Waals surface area contributed by atoms with Gasteiger partial charge in [-0.3, -0.25) is 0 Å². The van der Waals surface area contributed by atoms with Gasteiger partial charge in [-0.05, 0) is 32.1 Å². The van der Waals surface area contributed by atoms with Crippen LogP contribution in [0, 0.1) is 0 Å². The van der Waals surface area contributed by atoms with Gasteiger partial charge in [0.25, 0.3) is 0 Å². The summed E-state index contributed by atoms with van der Waals surface area (Å²) in [4.78, 5) is 5.68. The van der Waals surface area contributed by atoms with Crippen molar-refractivity contribution in [3.63, 3.8) is 0 Å². The van der Waals surface area contributed by atoms with Crippen molar-refractivity contribution in [3.05, 3.63) is 12.2 Å². The van der Waals surface area contributed by atoms with Gasteiger partial charge in [-0.15, -0.1) is 0 Å². The predicted octanol–water partition coefficient (Wildman–Crippen LogP) is 6.66. The molecule has 0 N–H and O–H groups in total. The summed E-state index contributed by atoms with van der Waals surface area (Å²) >= 11 is 0. The highest BCUT2D eigenvalue weighted by Gasteiger charge is 2.06. The Morgan fingerprint density at radius 1 is 0.609 bits per heavy atom. The first-order valence-corrected chi connectivity index (χ1v) is 10.2. The summed E-state index contributed by atoms with van der Waals surface area (Å²) in [5.74, 6) is 0. The second kappa shape index (κ2) is 16.5. The Bertz CT molecular complexity index is 255. The largest absolute Gasteiger partial charge is 0.204 e. The van der Waals surface area contributed by atoms with Crippen molar-refractivity contribution >= 4 is 0 Å². The highest BCUT2D eigenvalue weighted by atomic mass is 16.7. The van der Waals surface area contributed by atoms with Crippen LogP contribution in [0.3, 0.4) is 0 Å². The Morgan fingerprint density at radius 3 is 1.52 bits per heavy atom. The minimum Gasteiger partial charge on any atom is -0.204 e. The van der Waals surface area contributed by atoms with E-state index in [9.17, 15) is 0 Å². The average molecular weight is 327 g/mol. The van der Waals surface area contributed by atoms with Crippen LogP contribution in [0.25, 0.3) is 0 Å². The molecule has 0 aromatic heterocycles. The van der Waals surface area contributed by atoms with E-state index in [0.29, 0.717) is 4.65 Å². The van der Waals surface area contributed by atoms with E-state index in [1.165, 1.54) is 89.9 Å². The number of hydrogen-bond acceptors (Lipinski definition) is 1. The summed E-state index contributed by atoms with van der Waals surface area (Å²) in [7, 11) is 6.21. The van der Waals surface area contributed by atoms with E-state index in [2.05, 4.69) is 40.2 Å². The van der Waals surface area contributed by atoms with E-state index in [1.54, 1.807) is 0 Å². The molecule has 0 spiro atoms. The van der Waals surface area contributed by atoms with Crippen LogP contribution < -0.4 is 0 Å². The van der Waals surface area contributed by atoms with Crippen LogP contribution in [0.2, 0.25) is 0 Å². The molecule has 0 aliphatic heterocycles. The number of nitrogens with zero attached hydrogens (tertiary/aromatic N) is 1. The zero-order valence-corrected chi connectivity index (χ0v) is 16.6. The molecule has 2 heteroatoms. The molecule has 0 atom stereocenters.